The molecule has 3 aliphatic rings. The van der Waals surface area contributed by atoms with Crippen molar-refractivity contribution < 1.29 is 9.69 Å². The summed E-state index contributed by atoms with van der Waals surface area (Å²) in [7, 11) is 0. The van der Waals surface area contributed by atoms with Crippen LogP contribution in [0.25, 0.3) is 0 Å². The summed E-state index contributed by atoms with van der Waals surface area (Å²) in [6.07, 6.45) is 6.76. The van der Waals surface area contributed by atoms with Gasteiger partial charge in [0, 0.05) is 18.8 Å². The Balaban J connectivity index is 1.28. The van der Waals surface area contributed by atoms with Crippen LogP contribution in [0.5, 0.6) is 0 Å². The van der Waals surface area contributed by atoms with Gasteiger partial charge in [-0.15, -0.1) is 0 Å². The number of piperazine rings is 1. The number of hydrogen-bond acceptors (Lipinski definition) is 2. The lowest BCUT2D eigenvalue weighted by molar-refractivity contribution is -0.892. The van der Waals surface area contributed by atoms with Gasteiger partial charge in [-0.05, 0) is 55.7 Å². The predicted octanol–water partition coefficient (Wildman–Crippen LogP) is 2.05. The molecule has 0 unspecified atom stereocenters. The average Bonchev–Trinajstić information content (AvgIpc) is 2.70. The Kier molecular flexibility index (Phi) is 5.72. The number of benzene rings is 1. The van der Waals surface area contributed by atoms with Gasteiger partial charge in [-0.2, -0.15) is 0 Å². The second-order valence-electron chi connectivity index (χ2n) is 9.07. The van der Waals surface area contributed by atoms with Crippen LogP contribution in [-0.2, 0) is 4.79 Å². The number of anilines is 1. The molecule has 2 heterocycles. The lowest BCUT2D eigenvalue weighted by Crippen LogP contribution is -3.16. The Hall–Kier alpha value is -1.55. The third-order valence-electron chi connectivity index (χ3n) is 7.43. The van der Waals surface area contributed by atoms with E-state index >= 15 is 0 Å². The molecular weight excluding hydrogens is 334 g/mol. The van der Waals surface area contributed by atoms with Gasteiger partial charge in [0.25, 0.3) is 5.91 Å². The zero-order valence-electron chi connectivity index (χ0n) is 17.2. The van der Waals surface area contributed by atoms with Gasteiger partial charge in [0.2, 0.25) is 0 Å². The largest absolute Gasteiger partial charge is 0.360 e. The van der Waals surface area contributed by atoms with Crippen LogP contribution in [0, 0.1) is 25.7 Å². The minimum atomic E-state index is 0.397. The maximum Gasteiger partial charge on any atom is 0.277 e. The standard InChI is InChI=1S/C23H35N3O/c1-18-6-5-9-22(19(18)2)25-14-12-24(13-15-25)17-23(27)26-11-10-20-7-3-4-8-21(20)16-26/h5-6,9,20-21H,3-4,7-8,10-17H2,1-2H3/p+1/t20-,21+/m0/s1. The molecule has 1 aromatic carbocycles. The van der Waals surface area contributed by atoms with E-state index in [0.29, 0.717) is 12.5 Å². The number of nitrogens with zero attached hydrogens (tertiary/aromatic N) is 2. The molecule has 3 fully saturated rings. The van der Waals surface area contributed by atoms with Crippen LogP contribution in [0.3, 0.4) is 0 Å². The van der Waals surface area contributed by atoms with E-state index in [1.165, 1.54) is 53.8 Å². The molecule has 0 radical (unpaired) electrons. The number of carbonyl (C=O) groups excluding carboxylic acids is 1. The molecule has 4 rings (SSSR count). The molecule has 1 saturated carbocycles. The minimum Gasteiger partial charge on any atom is -0.360 e. The minimum absolute atomic E-state index is 0.397. The van der Waals surface area contributed by atoms with Crippen molar-refractivity contribution in [3.63, 3.8) is 0 Å². The number of hydrogen-bond donors (Lipinski definition) is 1. The molecule has 27 heavy (non-hydrogen) atoms. The fourth-order valence-electron chi connectivity index (χ4n) is 5.47. The highest BCUT2D eigenvalue weighted by atomic mass is 16.2. The van der Waals surface area contributed by atoms with Crippen LogP contribution in [0.4, 0.5) is 5.69 Å². The Morgan fingerprint density at radius 2 is 1.78 bits per heavy atom. The molecule has 4 heteroatoms. The summed E-state index contributed by atoms with van der Waals surface area (Å²) in [4.78, 5) is 19.0. The second kappa shape index (κ2) is 8.22. The zero-order valence-corrected chi connectivity index (χ0v) is 17.2. The number of amides is 1. The van der Waals surface area contributed by atoms with Crippen molar-refractivity contribution in [3.05, 3.63) is 29.3 Å². The fraction of sp³-hybridized carbons (Fsp3) is 0.696. The average molecular weight is 371 g/mol. The number of rotatable bonds is 3. The molecular formula is C23H36N3O+. The first-order chi connectivity index (χ1) is 13.1. The maximum atomic E-state index is 12.9. The summed E-state index contributed by atoms with van der Waals surface area (Å²) in [6, 6.07) is 6.59. The van der Waals surface area contributed by atoms with Crippen molar-refractivity contribution in [2.75, 3.05) is 50.7 Å². The van der Waals surface area contributed by atoms with Gasteiger partial charge in [0.1, 0.15) is 0 Å². The molecule has 0 spiro atoms. The molecule has 1 N–H and O–H groups in total. The maximum absolute atomic E-state index is 12.9. The number of piperidine rings is 1. The molecule has 2 aliphatic heterocycles. The smallest absolute Gasteiger partial charge is 0.277 e. The third kappa shape index (κ3) is 4.16. The molecule has 1 amide bonds. The Morgan fingerprint density at radius 3 is 2.56 bits per heavy atom. The molecule has 1 aromatic rings. The van der Waals surface area contributed by atoms with E-state index in [1.54, 1.807) is 0 Å². The molecule has 148 valence electrons. The van der Waals surface area contributed by atoms with Gasteiger partial charge >= 0.3 is 0 Å². The highest BCUT2D eigenvalue weighted by molar-refractivity contribution is 5.77. The second-order valence-corrected chi connectivity index (χ2v) is 9.07. The van der Waals surface area contributed by atoms with Gasteiger partial charge in [-0.25, -0.2) is 0 Å². The van der Waals surface area contributed by atoms with Gasteiger partial charge in [-0.1, -0.05) is 31.4 Å². The summed E-state index contributed by atoms with van der Waals surface area (Å²) < 4.78 is 0. The normalized spacial score (nSPS) is 26.7. The molecule has 0 aromatic heterocycles. The first-order valence-corrected chi connectivity index (χ1v) is 11.0. The zero-order chi connectivity index (χ0) is 18.8. The highest BCUT2D eigenvalue weighted by Crippen LogP contribution is 2.35. The Morgan fingerprint density at radius 1 is 1.04 bits per heavy atom. The van der Waals surface area contributed by atoms with Gasteiger partial charge in [0.05, 0.1) is 26.2 Å². The Labute approximate surface area is 164 Å². The van der Waals surface area contributed by atoms with Crippen LogP contribution in [0.1, 0.15) is 43.2 Å². The van der Waals surface area contributed by atoms with E-state index in [9.17, 15) is 4.79 Å². The summed E-state index contributed by atoms with van der Waals surface area (Å²) in [5.74, 6) is 2.08. The van der Waals surface area contributed by atoms with E-state index in [2.05, 4.69) is 41.8 Å². The van der Waals surface area contributed by atoms with Crippen molar-refractivity contribution in [2.24, 2.45) is 11.8 Å². The van der Waals surface area contributed by atoms with Crippen LogP contribution in [-0.4, -0.2) is 56.6 Å². The number of fused-ring (bicyclic) bond motifs is 1. The topological polar surface area (TPSA) is 28.0 Å². The molecule has 2 atom stereocenters. The number of aryl methyl sites for hydroxylation is 1. The van der Waals surface area contributed by atoms with E-state index < -0.39 is 0 Å². The SMILES string of the molecule is Cc1cccc(N2CC[NH+](CC(=O)N3CC[C@@H]4CCCC[C@@H]4C3)CC2)c1C. The molecule has 0 bridgehead atoms. The fourth-order valence-corrected chi connectivity index (χ4v) is 5.47. The molecule has 1 aliphatic carbocycles. The van der Waals surface area contributed by atoms with Crippen molar-refractivity contribution >= 4 is 11.6 Å². The van der Waals surface area contributed by atoms with E-state index in [1.807, 2.05) is 0 Å². The summed E-state index contributed by atoms with van der Waals surface area (Å²) >= 11 is 0. The molecule has 4 nitrogen and oxygen atoms in total. The third-order valence-corrected chi connectivity index (χ3v) is 7.43. The highest BCUT2D eigenvalue weighted by Gasteiger charge is 2.34. The van der Waals surface area contributed by atoms with Gasteiger partial charge < -0.3 is 14.7 Å². The van der Waals surface area contributed by atoms with Crippen molar-refractivity contribution in [3.8, 4) is 0 Å². The van der Waals surface area contributed by atoms with Crippen LogP contribution in [0.15, 0.2) is 18.2 Å². The van der Waals surface area contributed by atoms with E-state index in [0.717, 1.165) is 51.1 Å². The monoisotopic (exact) mass is 370 g/mol. The van der Waals surface area contributed by atoms with Crippen molar-refractivity contribution in [1.29, 1.82) is 0 Å². The number of likely N-dealkylation sites (tertiary alicyclic amines) is 1. The van der Waals surface area contributed by atoms with Crippen LogP contribution < -0.4 is 9.80 Å². The van der Waals surface area contributed by atoms with Crippen molar-refractivity contribution in [1.82, 2.24) is 4.90 Å². The summed E-state index contributed by atoms with van der Waals surface area (Å²) in [6.45, 7) is 11.4. The first-order valence-electron chi connectivity index (χ1n) is 11.0. The first kappa shape index (κ1) is 18.8. The van der Waals surface area contributed by atoms with Crippen LogP contribution in [0.2, 0.25) is 0 Å². The van der Waals surface area contributed by atoms with Crippen molar-refractivity contribution in [2.45, 2.75) is 46.0 Å². The lowest BCUT2D eigenvalue weighted by atomic mass is 9.75. The van der Waals surface area contributed by atoms with E-state index in [4.69, 9.17) is 0 Å². The number of carbonyl (C=O) groups is 1. The molecule has 2 saturated heterocycles. The summed E-state index contributed by atoms with van der Waals surface area (Å²) in [5, 5.41) is 0. The Bertz CT molecular complexity index is 666. The lowest BCUT2D eigenvalue weighted by Gasteiger charge is -2.42. The van der Waals surface area contributed by atoms with E-state index in [-0.39, 0.29) is 0 Å². The number of quaternary nitrogens is 1. The van der Waals surface area contributed by atoms with Gasteiger partial charge in [0.15, 0.2) is 6.54 Å². The number of nitrogens with one attached hydrogen (secondary N) is 1. The predicted molar refractivity (Wildman–Crippen MR) is 110 cm³/mol. The summed E-state index contributed by atoms with van der Waals surface area (Å²) in [5.41, 5.74) is 4.13. The van der Waals surface area contributed by atoms with Gasteiger partial charge in [-0.3, -0.25) is 4.79 Å². The van der Waals surface area contributed by atoms with Crippen LogP contribution >= 0.6 is 0 Å². The quantitative estimate of drug-likeness (QED) is 0.882.